The van der Waals surface area contributed by atoms with E-state index in [-0.39, 0.29) is 23.8 Å². The van der Waals surface area contributed by atoms with Crippen LogP contribution in [0.15, 0.2) is 0 Å². The summed E-state index contributed by atoms with van der Waals surface area (Å²) in [7, 11) is 0. The van der Waals surface area contributed by atoms with Gasteiger partial charge in [0.25, 0.3) is 0 Å². The Bertz CT molecular complexity index is 238. The SMILES string of the molecule is CC(=O)C1CN[C@H](CC(C)C)C(=O)N1. The summed E-state index contributed by atoms with van der Waals surface area (Å²) < 4.78 is 0. The number of hydrogen-bond acceptors (Lipinski definition) is 3. The van der Waals surface area contributed by atoms with Crippen molar-refractivity contribution in [3.63, 3.8) is 0 Å². The van der Waals surface area contributed by atoms with E-state index in [1.54, 1.807) is 0 Å². The normalized spacial score (nSPS) is 27.6. The molecule has 1 unspecified atom stereocenters. The highest BCUT2D eigenvalue weighted by atomic mass is 16.2. The third kappa shape index (κ3) is 2.80. The molecule has 0 spiro atoms. The number of piperazine rings is 1. The van der Waals surface area contributed by atoms with E-state index < -0.39 is 0 Å². The first-order chi connectivity index (χ1) is 6.50. The molecule has 0 bridgehead atoms. The van der Waals surface area contributed by atoms with Gasteiger partial charge in [0.05, 0.1) is 12.1 Å². The Kier molecular flexibility index (Phi) is 3.63. The van der Waals surface area contributed by atoms with Gasteiger partial charge >= 0.3 is 0 Å². The maximum absolute atomic E-state index is 11.5. The van der Waals surface area contributed by atoms with Gasteiger partial charge in [0, 0.05) is 6.54 Å². The Morgan fingerprint density at radius 3 is 2.64 bits per heavy atom. The minimum absolute atomic E-state index is 0.00819. The predicted octanol–water partition coefficient (Wildman–Crippen LogP) is 0.0781. The summed E-state index contributed by atoms with van der Waals surface area (Å²) in [4.78, 5) is 22.5. The molecule has 1 heterocycles. The van der Waals surface area contributed by atoms with E-state index in [0.717, 1.165) is 6.42 Å². The third-order valence-electron chi connectivity index (χ3n) is 2.40. The van der Waals surface area contributed by atoms with Gasteiger partial charge in [-0.1, -0.05) is 13.8 Å². The van der Waals surface area contributed by atoms with Crippen molar-refractivity contribution < 1.29 is 9.59 Å². The average molecular weight is 198 g/mol. The molecule has 0 aliphatic carbocycles. The molecule has 4 nitrogen and oxygen atoms in total. The lowest BCUT2D eigenvalue weighted by molar-refractivity contribution is -0.130. The van der Waals surface area contributed by atoms with Crippen molar-refractivity contribution in [2.45, 2.75) is 39.3 Å². The summed E-state index contributed by atoms with van der Waals surface area (Å²) in [5.41, 5.74) is 0. The molecule has 0 radical (unpaired) electrons. The summed E-state index contributed by atoms with van der Waals surface area (Å²) in [5.74, 6) is 0.436. The number of Topliss-reactive ketones (excluding diaryl/α,β-unsaturated/α-hetero) is 1. The molecule has 1 fully saturated rings. The van der Waals surface area contributed by atoms with E-state index in [0.29, 0.717) is 12.5 Å². The molecule has 1 saturated heterocycles. The number of ketones is 1. The van der Waals surface area contributed by atoms with Crippen LogP contribution in [0.3, 0.4) is 0 Å². The summed E-state index contributed by atoms with van der Waals surface area (Å²) in [6.45, 7) is 6.20. The van der Waals surface area contributed by atoms with E-state index in [1.807, 2.05) is 0 Å². The molecule has 0 aromatic heterocycles. The highest BCUT2D eigenvalue weighted by Gasteiger charge is 2.29. The van der Waals surface area contributed by atoms with Crippen molar-refractivity contribution in [1.82, 2.24) is 10.6 Å². The zero-order valence-corrected chi connectivity index (χ0v) is 8.96. The monoisotopic (exact) mass is 198 g/mol. The van der Waals surface area contributed by atoms with Crippen LogP contribution in [-0.4, -0.2) is 30.3 Å². The molecule has 1 aliphatic heterocycles. The molecule has 1 amide bonds. The van der Waals surface area contributed by atoms with Crippen molar-refractivity contribution in [2.24, 2.45) is 5.92 Å². The van der Waals surface area contributed by atoms with Crippen LogP contribution >= 0.6 is 0 Å². The fraction of sp³-hybridized carbons (Fsp3) is 0.800. The van der Waals surface area contributed by atoms with Gasteiger partial charge in [0.2, 0.25) is 5.91 Å². The first-order valence-electron chi connectivity index (χ1n) is 5.05. The fourth-order valence-corrected chi connectivity index (χ4v) is 1.58. The highest BCUT2D eigenvalue weighted by molar-refractivity contribution is 5.91. The zero-order valence-electron chi connectivity index (χ0n) is 8.96. The maximum Gasteiger partial charge on any atom is 0.237 e. The van der Waals surface area contributed by atoms with Crippen LogP contribution in [0.5, 0.6) is 0 Å². The van der Waals surface area contributed by atoms with Crippen LogP contribution in [0.4, 0.5) is 0 Å². The summed E-state index contributed by atoms with van der Waals surface area (Å²) in [5, 5.41) is 5.82. The van der Waals surface area contributed by atoms with Crippen LogP contribution in [0.25, 0.3) is 0 Å². The molecule has 4 heteroatoms. The first-order valence-corrected chi connectivity index (χ1v) is 5.05. The summed E-state index contributed by atoms with van der Waals surface area (Å²) >= 11 is 0. The molecule has 0 aromatic rings. The Labute approximate surface area is 84.4 Å². The number of rotatable bonds is 3. The smallest absolute Gasteiger partial charge is 0.237 e. The van der Waals surface area contributed by atoms with Crippen LogP contribution in [0.2, 0.25) is 0 Å². The first kappa shape index (κ1) is 11.2. The van der Waals surface area contributed by atoms with Gasteiger partial charge in [-0.15, -0.1) is 0 Å². The molecular weight excluding hydrogens is 180 g/mol. The van der Waals surface area contributed by atoms with Crippen LogP contribution < -0.4 is 10.6 Å². The molecule has 80 valence electrons. The van der Waals surface area contributed by atoms with E-state index >= 15 is 0 Å². The van der Waals surface area contributed by atoms with Crippen LogP contribution in [-0.2, 0) is 9.59 Å². The van der Waals surface area contributed by atoms with Crippen molar-refractivity contribution >= 4 is 11.7 Å². The summed E-state index contributed by atoms with van der Waals surface area (Å²) in [6.07, 6.45) is 0.816. The second kappa shape index (κ2) is 4.55. The maximum atomic E-state index is 11.5. The van der Waals surface area contributed by atoms with Gasteiger partial charge in [-0.2, -0.15) is 0 Å². The molecule has 0 saturated carbocycles. The average Bonchev–Trinajstić information content (AvgIpc) is 2.07. The lowest BCUT2D eigenvalue weighted by atomic mass is 10.00. The lowest BCUT2D eigenvalue weighted by Crippen LogP contribution is -2.60. The van der Waals surface area contributed by atoms with Gasteiger partial charge in [0.1, 0.15) is 0 Å². The second-order valence-electron chi connectivity index (χ2n) is 4.26. The number of carbonyl (C=O) groups excluding carboxylic acids is 2. The minimum Gasteiger partial charge on any atom is -0.344 e. The van der Waals surface area contributed by atoms with Crippen molar-refractivity contribution in [2.75, 3.05) is 6.54 Å². The lowest BCUT2D eigenvalue weighted by Gasteiger charge is -2.29. The van der Waals surface area contributed by atoms with Gasteiger partial charge in [0.15, 0.2) is 5.78 Å². The van der Waals surface area contributed by atoms with Crippen molar-refractivity contribution in [3.8, 4) is 0 Å². The van der Waals surface area contributed by atoms with E-state index in [4.69, 9.17) is 0 Å². The Morgan fingerprint density at radius 2 is 2.21 bits per heavy atom. The van der Waals surface area contributed by atoms with E-state index in [1.165, 1.54) is 6.92 Å². The fourth-order valence-electron chi connectivity index (χ4n) is 1.58. The van der Waals surface area contributed by atoms with E-state index in [2.05, 4.69) is 24.5 Å². The van der Waals surface area contributed by atoms with Gasteiger partial charge in [-0.05, 0) is 19.3 Å². The Hall–Kier alpha value is -0.900. The second-order valence-corrected chi connectivity index (χ2v) is 4.26. The molecule has 2 N–H and O–H groups in total. The van der Waals surface area contributed by atoms with Gasteiger partial charge < -0.3 is 10.6 Å². The topological polar surface area (TPSA) is 58.2 Å². The molecule has 2 atom stereocenters. The third-order valence-corrected chi connectivity index (χ3v) is 2.40. The zero-order chi connectivity index (χ0) is 10.7. The highest BCUT2D eigenvalue weighted by Crippen LogP contribution is 2.08. The quantitative estimate of drug-likeness (QED) is 0.675. The molecular formula is C10H18N2O2. The summed E-state index contributed by atoms with van der Waals surface area (Å²) in [6, 6.07) is -0.475. The predicted molar refractivity (Wildman–Crippen MR) is 53.9 cm³/mol. The molecule has 1 aliphatic rings. The number of amides is 1. The Morgan fingerprint density at radius 1 is 1.57 bits per heavy atom. The molecule has 0 aromatic carbocycles. The number of carbonyl (C=O) groups is 2. The number of nitrogens with one attached hydrogen (secondary N) is 2. The largest absolute Gasteiger partial charge is 0.344 e. The Balaban J connectivity index is 2.48. The standard InChI is InChI=1S/C10H18N2O2/c1-6(2)4-8-10(14)12-9(5-11-8)7(3)13/h6,8-9,11H,4-5H2,1-3H3,(H,12,14)/t8-,9?/m1/s1. The van der Waals surface area contributed by atoms with E-state index in [9.17, 15) is 9.59 Å². The van der Waals surface area contributed by atoms with Crippen molar-refractivity contribution in [3.05, 3.63) is 0 Å². The van der Waals surface area contributed by atoms with Gasteiger partial charge in [-0.25, -0.2) is 0 Å². The van der Waals surface area contributed by atoms with Gasteiger partial charge in [-0.3, -0.25) is 9.59 Å². The number of hydrogen-bond donors (Lipinski definition) is 2. The molecule has 1 rings (SSSR count). The van der Waals surface area contributed by atoms with Crippen LogP contribution in [0, 0.1) is 5.92 Å². The molecule has 14 heavy (non-hydrogen) atoms. The van der Waals surface area contributed by atoms with Crippen LogP contribution in [0.1, 0.15) is 27.2 Å². The van der Waals surface area contributed by atoms with Crippen molar-refractivity contribution in [1.29, 1.82) is 0 Å². The minimum atomic E-state index is -0.342.